The summed E-state index contributed by atoms with van der Waals surface area (Å²) >= 11 is 0. The van der Waals surface area contributed by atoms with Crippen molar-refractivity contribution in [3.63, 3.8) is 0 Å². The van der Waals surface area contributed by atoms with Gasteiger partial charge >= 0.3 is 0 Å². The fourth-order valence-electron chi connectivity index (χ4n) is 4.17. The van der Waals surface area contributed by atoms with Crippen molar-refractivity contribution in [1.29, 1.82) is 0 Å². The number of aryl methyl sites for hydroxylation is 2. The van der Waals surface area contributed by atoms with E-state index in [9.17, 15) is 4.39 Å². The molecule has 4 rings (SSSR count). The van der Waals surface area contributed by atoms with Crippen molar-refractivity contribution < 1.29 is 9.13 Å². The molecule has 144 valence electrons. The Morgan fingerprint density at radius 2 is 1.74 bits per heavy atom. The van der Waals surface area contributed by atoms with Gasteiger partial charge in [-0.2, -0.15) is 0 Å². The monoisotopic (exact) mass is 368 g/mol. The van der Waals surface area contributed by atoms with Crippen LogP contribution in [0.3, 0.4) is 0 Å². The van der Waals surface area contributed by atoms with Crippen LogP contribution in [0.15, 0.2) is 42.5 Å². The highest BCUT2D eigenvalue weighted by Crippen LogP contribution is 2.26. The van der Waals surface area contributed by atoms with Gasteiger partial charge in [0.2, 0.25) is 0 Å². The van der Waals surface area contributed by atoms with Gasteiger partial charge in [0.1, 0.15) is 11.6 Å². The van der Waals surface area contributed by atoms with Gasteiger partial charge in [-0.25, -0.2) is 4.39 Å². The third kappa shape index (κ3) is 4.81. The molecule has 4 heteroatoms. The number of fused-ring (bicyclic) bond motifs is 1. The Balaban J connectivity index is 1.13. The Hall–Kier alpha value is -2.07. The van der Waals surface area contributed by atoms with Crippen LogP contribution in [0.4, 0.5) is 10.1 Å². The van der Waals surface area contributed by atoms with E-state index >= 15 is 0 Å². The summed E-state index contributed by atoms with van der Waals surface area (Å²) in [5.74, 6) is 0.873. The van der Waals surface area contributed by atoms with E-state index in [2.05, 4.69) is 28.0 Å². The highest BCUT2D eigenvalue weighted by Gasteiger charge is 2.17. The minimum atomic E-state index is -0.154. The lowest BCUT2D eigenvalue weighted by atomic mass is 10.1. The lowest BCUT2D eigenvalue weighted by molar-refractivity contribution is 0.238. The summed E-state index contributed by atoms with van der Waals surface area (Å²) in [5.41, 5.74) is 3.97. The molecular weight excluding hydrogens is 339 g/mol. The Kier molecular flexibility index (Phi) is 5.93. The summed E-state index contributed by atoms with van der Waals surface area (Å²) in [6.45, 7) is 5.93. The normalized spacial score (nSPS) is 17.1. The Morgan fingerprint density at radius 3 is 2.59 bits per heavy atom. The second-order valence-electron chi connectivity index (χ2n) is 7.65. The molecule has 2 aromatic rings. The average Bonchev–Trinajstić information content (AvgIpc) is 3.16. The second-order valence-corrected chi connectivity index (χ2v) is 7.65. The molecule has 1 heterocycles. The lowest BCUT2D eigenvalue weighted by Gasteiger charge is -2.36. The summed E-state index contributed by atoms with van der Waals surface area (Å²) in [6.07, 6.45) is 5.95. The molecule has 1 fully saturated rings. The number of ether oxygens (including phenoxy) is 1. The van der Waals surface area contributed by atoms with E-state index in [1.807, 2.05) is 6.07 Å². The third-order valence-electron chi connectivity index (χ3n) is 5.75. The fourth-order valence-corrected chi connectivity index (χ4v) is 4.17. The van der Waals surface area contributed by atoms with Gasteiger partial charge in [-0.15, -0.1) is 0 Å². The number of halogens is 1. The van der Waals surface area contributed by atoms with Gasteiger partial charge in [0, 0.05) is 31.9 Å². The first-order chi connectivity index (χ1) is 13.3. The molecule has 3 nitrogen and oxygen atoms in total. The van der Waals surface area contributed by atoms with Crippen molar-refractivity contribution in [2.75, 3.05) is 44.2 Å². The molecule has 0 unspecified atom stereocenters. The first kappa shape index (κ1) is 18.3. The van der Waals surface area contributed by atoms with E-state index in [0.717, 1.165) is 63.6 Å². The maximum Gasteiger partial charge on any atom is 0.125 e. The summed E-state index contributed by atoms with van der Waals surface area (Å²) in [4.78, 5) is 4.78. The van der Waals surface area contributed by atoms with Crippen LogP contribution in [0, 0.1) is 5.82 Å². The molecule has 0 N–H and O–H groups in total. The predicted octanol–water partition coefficient (Wildman–Crippen LogP) is 4.30. The zero-order valence-electron chi connectivity index (χ0n) is 16.0. The van der Waals surface area contributed by atoms with Gasteiger partial charge in [-0.05, 0) is 80.1 Å². The van der Waals surface area contributed by atoms with Crippen molar-refractivity contribution in [1.82, 2.24) is 4.90 Å². The van der Waals surface area contributed by atoms with Gasteiger partial charge in [0.25, 0.3) is 0 Å². The average molecular weight is 368 g/mol. The first-order valence-electron chi connectivity index (χ1n) is 10.3. The minimum absolute atomic E-state index is 0.154. The SMILES string of the molecule is Fc1cccc(N2CCN(CCCCOc3ccc4c(c3)CCC4)CC2)c1. The van der Waals surface area contributed by atoms with E-state index in [-0.39, 0.29) is 5.82 Å². The smallest absolute Gasteiger partial charge is 0.125 e. The zero-order chi connectivity index (χ0) is 18.5. The van der Waals surface area contributed by atoms with Crippen molar-refractivity contribution in [2.24, 2.45) is 0 Å². The molecule has 1 aliphatic carbocycles. The van der Waals surface area contributed by atoms with Gasteiger partial charge in [0.15, 0.2) is 0 Å². The Bertz CT molecular complexity index is 756. The quantitative estimate of drug-likeness (QED) is 0.678. The summed E-state index contributed by atoms with van der Waals surface area (Å²) in [5, 5.41) is 0. The van der Waals surface area contributed by atoms with Crippen molar-refractivity contribution >= 4 is 5.69 Å². The lowest BCUT2D eigenvalue weighted by Crippen LogP contribution is -2.46. The molecule has 1 aliphatic heterocycles. The van der Waals surface area contributed by atoms with E-state index in [4.69, 9.17) is 4.74 Å². The first-order valence-corrected chi connectivity index (χ1v) is 10.3. The molecule has 0 aromatic heterocycles. The van der Waals surface area contributed by atoms with E-state index in [0.29, 0.717) is 0 Å². The summed E-state index contributed by atoms with van der Waals surface area (Å²) < 4.78 is 19.3. The van der Waals surface area contributed by atoms with Crippen LogP contribution >= 0.6 is 0 Å². The van der Waals surface area contributed by atoms with Crippen LogP contribution < -0.4 is 9.64 Å². The van der Waals surface area contributed by atoms with Gasteiger partial charge in [0.05, 0.1) is 6.61 Å². The number of unbranched alkanes of at least 4 members (excludes halogenated alkanes) is 1. The molecule has 0 bridgehead atoms. The highest BCUT2D eigenvalue weighted by atomic mass is 19.1. The number of piperazine rings is 1. The number of benzene rings is 2. The minimum Gasteiger partial charge on any atom is -0.494 e. The van der Waals surface area contributed by atoms with Crippen LogP contribution in [0.25, 0.3) is 0 Å². The fraction of sp³-hybridized carbons (Fsp3) is 0.478. The third-order valence-corrected chi connectivity index (χ3v) is 5.75. The summed E-state index contributed by atoms with van der Waals surface area (Å²) in [6, 6.07) is 13.5. The number of hydrogen-bond acceptors (Lipinski definition) is 3. The zero-order valence-corrected chi connectivity index (χ0v) is 16.0. The van der Waals surface area contributed by atoms with E-state index < -0.39 is 0 Å². The number of rotatable bonds is 7. The standard InChI is InChI=1S/C23H29FN2O/c24-21-7-4-8-22(18-21)26-14-12-25(13-15-26)11-1-2-16-27-23-10-9-19-5-3-6-20(19)17-23/h4,7-10,17-18H,1-3,5-6,11-16H2. The molecule has 2 aliphatic rings. The van der Waals surface area contributed by atoms with Crippen LogP contribution in [-0.4, -0.2) is 44.2 Å². The highest BCUT2D eigenvalue weighted by molar-refractivity contribution is 5.46. The predicted molar refractivity (Wildman–Crippen MR) is 108 cm³/mol. The molecule has 0 saturated carbocycles. The van der Waals surface area contributed by atoms with Crippen molar-refractivity contribution in [2.45, 2.75) is 32.1 Å². The van der Waals surface area contributed by atoms with Crippen LogP contribution in [0.5, 0.6) is 5.75 Å². The molecule has 27 heavy (non-hydrogen) atoms. The van der Waals surface area contributed by atoms with Crippen LogP contribution in [0.2, 0.25) is 0 Å². The molecule has 0 amide bonds. The van der Waals surface area contributed by atoms with E-state index in [1.54, 1.807) is 12.1 Å². The molecular formula is C23H29FN2O. The largest absolute Gasteiger partial charge is 0.494 e. The van der Waals surface area contributed by atoms with Gasteiger partial charge in [-0.3, -0.25) is 4.90 Å². The molecule has 2 aromatic carbocycles. The maximum absolute atomic E-state index is 13.4. The van der Waals surface area contributed by atoms with E-state index in [1.165, 1.54) is 36.5 Å². The van der Waals surface area contributed by atoms with Gasteiger partial charge < -0.3 is 9.64 Å². The van der Waals surface area contributed by atoms with Crippen LogP contribution in [0.1, 0.15) is 30.4 Å². The molecule has 0 radical (unpaired) electrons. The molecule has 0 spiro atoms. The number of hydrogen-bond donors (Lipinski definition) is 0. The molecule has 0 atom stereocenters. The number of anilines is 1. The Morgan fingerprint density at radius 1 is 0.889 bits per heavy atom. The maximum atomic E-state index is 13.4. The second kappa shape index (κ2) is 8.75. The van der Waals surface area contributed by atoms with Crippen molar-refractivity contribution in [3.8, 4) is 5.75 Å². The van der Waals surface area contributed by atoms with Crippen LogP contribution in [-0.2, 0) is 12.8 Å². The topological polar surface area (TPSA) is 15.7 Å². The van der Waals surface area contributed by atoms with Crippen molar-refractivity contribution in [3.05, 3.63) is 59.4 Å². The Labute approximate surface area is 161 Å². The number of nitrogens with zero attached hydrogens (tertiary/aromatic N) is 2. The molecule has 1 saturated heterocycles. The summed E-state index contributed by atoms with van der Waals surface area (Å²) in [7, 11) is 0. The van der Waals surface area contributed by atoms with Gasteiger partial charge in [-0.1, -0.05) is 12.1 Å².